The lowest BCUT2D eigenvalue weighted by molar-refractivity contribution is -0.138. The van der Waals surface area contributed by atoms with E-state index < -0.39 is 11.6 Å². The minimum absolute atomic E-state index is 0.0279. The molecule has 16 nitrogen and oxygen atoms in total. The van der Waals surface area contributed by atoms with Gasteiger partial charge in [0.2, 0.25) is 11.8 Å². The van der Waals surface area contributed by atoms with Gasteiger partial charge in [-0.3, -0.25) is 14.4 Å². The number of carbonyl (C=O) groups is 4. The highest BCUT2D eigenvalue weighted by Gasteiger charge is 2.27. The molecule has 2 saturated heterocycles. The number of piperazine rings is 2. The Balaban J connectivity index is 0.000000802. The Kier molecular flexibility index (Phi) is 25.1. The molecule has 0 aromatic carbocycles. The Morgan fingerprint density at radius 2 is 0.978 bits per heavy atom. The van der Waals surface area contributed by atoms with E-state index in [0.29, 0.717) is 79.0 Å². The molecular weight excluding hydrogens is 596 g/mol. The molecule has 0 atom stereocenters. The molecule has 2 N–H and O–H groups in total. The Hall–Kier alpha value is -2.60. The minimum Gasteiger partial charge on any atom is -0.481 e. The third-order valence-electron chi connectivity index (χ3n) is 5.81. The SMILES string of the molecule is CC(=O)O.COCCOCCOCC(=O)N1CCN(C(=O)OC(C)(C)C)CC1.COCCOCCOCC(=O)N1CCNCC1. The summed E-state index contributed by atoms with van der Waals surface area (Å²) in [5, 5.41) is 10.6. The number of carbonyl (C=O) groups excluding carboxylic acids is 3. The molecule has 2 rings (SSSR count). The van der Waals surface area contributed by atoms with Crippen molar-refractivity contribution >= 4 is 23.9 Å². The fourth-order valence-corrected chi connectivity index (χ4v) is 3.61. The van der Waals surface area contributed by atoms with Crippen molar-refractivity contribution in [2.45, 2.75) is 33.3 Å². The van der Waals surface area contributed by atoms with E-state index >= 15 is 0 Å². The highest BCUT2D eigenvalue weighted by molar-refractivity contribution is 5.78. The zero-order valence-electron chi connectivity index (χ0n) is 28.0. The maximum Gasteiger partial charge on any atom is 0.410 e. The van der Waals surface area contributed by atoms with Crippen molar-refractivity contribution in [3.05, 3.63) is 0 Å². The summed E-state index contributed by atoms with van der Waals surface area (Å²) in [4.78, 5) is 49.8. The van der Waals surface area contributed by atoms with E-state index in [2.05, 4.69) is 5.32 Å². The van der Waals surface area contributed by atoms with Crippen LogP contribution in [0.15, 0.2) is 0 Å². The van der Waals surface area contributed by atoms with Gasteiger partial charge < -0.3 is 58.3 Å². The van der Waals surface area contributed by atoms with Gasteiger partial charge in [0, 0.05) is 73.5 Å². The third-order valence-corrected chi connectivity index (χ3v) is 5.81. The van der Waals surface area contributed by atoms with Crippen LogP contribution in [0.1, 0.15) is 27.7 Å². The first-order valence-electron chi connectivity index (χ1n) is 15.1. The number of carboxylic acid groups (broad SMARTS) is 1. The van der Waals surface area contributed by atoms with Gasteiger partial charge in [-0.2, -0.15) is 0 Å². The number of carboxylic acids is 1. The van der Waals surface area contributed by atoms with Crippen molar-refractivity contribution in [1.29, 1.82) is 0 Å². The molecule has 0 radical (unpaired) electrons. The number of rotatable bonds is 16. The normalized spacial score (nSPS) is 14.9. The van der Waals surface area contributed by atoms with Crippen LogP contribution in [0.4, 0.5) is 4.79 Å². The summed E-state index contributed by atoms with van der Waals surface area (Å²) >= 11 is 0. The molecule has 2 heterocycles. The number of methoxy groups -OCH3 is 2. The van der Waals surface area contributed by atoms with Gasteiger partial charge >= 0.3 is 6.09 Å². The maximum absolute atomic E-state index is 12.0. The van der Waals surface area contributed by atoms with Gasteiger partial charge in [0.15, 0.2) is 0 Å². The maximum atomic E-state index is 12.0. The van der Waals surface area contributed by atoms with Gasteiger partial charge in [-0.25, -0.2) is 4.79 Å². The molecule has 0 aliphatic carbocycles. The summed E-state index contributed by atoms with van der Waals surface area (Å²) in [6.07, 6.45) is -0.334. The molecular formula is C29H56N4O12. The summed E-state index contributed by atoms with van der Waals surface area (Å²) < 4.78 is 36.0. The lowest BCUT2D eigenvalue weighted by Crippen LogP contribution is -2.52. The quantitative estimate of drug-likeness (QED) is 0.212. The van der Waals surface area contributed by atoms with Gasteiger partial charge in [0.05, 0.1) is 52.9 Å². The zero-order valence-corrected chi connectivity index (χ0v) is 28.0. The van der Waals surface area contributed by atoms with Crippen LogP contribution in [0, 0.1) is 0 Å². The molecule has 0 spiro atoms. The van der Waals surface area contributed by atoms with Gasteiger partial charge in [-0.05, 0) is 20.8 Å². The summed E-state index contributed by atoms with van der Waals surface area (Å²) in [5.74, 6) is -0.848. The number of ether oxygens (including phenoxy) is 7. The number of hydrogen-bond acceptors (Lipinski definition) is 12. The predicted octanol–water partition coefficient (Wildman–Crippen LogP) is -0.0660. The first-order chi connectivity index (χ1) is 21.4. The fraction of sp³-hybridized carbons (Fsp3) is 0.862. The van der Waals surface area contributed by atoms with E-state index in [0.717, 1.165) is 33.1 Å². The number of nitrogens with one attached hydrogen (secondary N) is 1. The Labute approximate surface area is 267 Å². The van der Waals surface area contributed by atoms with Gasteiger partial charge in [-0.15, -0.1) is 0 Å². The summed E-state index contributed by atoms with van der Waals surface area (Å²) in [5.41, 5.74) is -0.511. The Morgan fingerprint density at radius 1 is 0.622 bits per heavy atom. The molecule has 16 heteroatoms. The third kappa shape index (κ3) is 25.3. The van der Waals surface area contributed by atoms with Crippen molar-refractivity contribution in [1.82, 2.24) is 20.0 Å². The van der Waals surface area contributed by atoms with Gasteiger partial charge in [0.1, 0.15) is 18.8 Å². The number of nitrogens with zero attached hydrogens (tertiary/aromatic N) is 3. The fourth-order valence-electron chi connectivity index (χ4n) is 3.61. The van der Waals surface area contributed by atoms with Crippen LogP contribution in [0.3, 0.4) is 0 Å². The largest absolute Gasteiger partial charge is 0.481 e. The number of aliphatic carboxylic acids is 1. The van der Waals surface area contributed by atoms with Crippen LogP contribution in [0.2, 0.25) is 0 Å². The first-order valence-corrected chi connectivity index (χ1v) is 15.1. The molecule has 3 amide bonds. The van der Waals surface area contributed by atoms with Crippen LogP contribution in [0.25, 0.3) is 0 Å². The molecule has 2 aliphatic heterocycles. The smallest absolute Gasteiger partial charge is 0.410 e. The monoisotopic (exact) mass is 652 g/mol. The van der Waals surface area contributed by atoms with E-state index in [9.17, 15) is 14.4 Å². The standard InChI is InChI=1S/C16H30N2O6.C11H22N2O4.C2H4O2/c1-16(2,3)24-15(20)18-7-5-17(6-8-18)14(19)13-23-12-11-22-10-9-21-4;1-15-6-7-16-8-9-17-10-11(14)13-4-2-12-3-5-13;1-2(3)4/h5-13H2,1-4H3;12H,2-10H2,1H3;1H3,(H,3,4). The van der Waals surface area contributed by atoms with E-state index in [1.165, 1.54) is 0 Å². The molecule has 2 aliphatic rings. The van der Waals surface area contributed by atoms with E-state index in [1.807, 2.05) is 25.7 Å². The van der Waals surface area contributed by atoms with Gasteiger partial charge in [-0.1, -0.05) is 0 Å². The second-order valence-corrected chi connectivity index (χ2v) is 10.8. The van der Waals surface area contributed by atoms with Crippen molar-refractivity contribution < 1.29 is 57.4 Å². The summed E-state index contributed by atoms with van der Waals surface area (Å²) in [6.45, 7) is 15.9. The minimum atomic E-state index is -0.833. The molecule has 0 bridgehead atoms. The van der Waals surface area contributed by atoms with Gasteiger partial charge in [0.25, 0.3) is 5.97 Å². The summed E-state index contributed by atoms with van der Waals surface area (Å²) in [7, 11) is 3.24. The lowest BCUT2D eigenvalue weighted by atomic mass is 10.2. The van der Waals surface area contributed by atoms with Crippen LogP contribution >= 0.6 is 0 Å². The summed E-state index contributed by atoms with van der Waals surface area (Å²) in [6, 6.07) is 0. The van der Waals surface area contributed by atoms with Crippen molar-refractivity contribution in [3.8, 4) is 0 Å². The van der Waals surface area contributed by atoms with Crippen LogP contribution in [-0.4, -0.2) is 182 Å². The predicted molar refractivity (Wildman–Crippen MR) is 164 cm³/mol. The molecule has 0 aromatic rings. The van der Waals surface area contributed by atoms with Crippen molar-refractivity contribution in [2.24, 2.45) is 0 Å². The van der Waals surface area contributed by atoms with Crippen LogP contribution in [0.5, 0.6) is 0 Å². The zero-order chi connectivity index (χ0) is 33.9. The first kappa shape index (κ1) is 42.4. The number of amides is 3. The Bertz CT molecular complexity index is 795. The van der Waals surface area contributed by atoms with E-state index in [1.54, 1.807) is 24.0 Å². The molecule has 264 valence electrons. The molecule has 0 unspecified atom stereocenters. The highest BCUT2D eigenvalue weighted by atomic mass is 16.6. The average Bonchev–Trinajstić information content (AvgIpc) is 2.99. The highest BCUT2D eigenvalue weighted by Crippen LogP contribution is 2.12. The molecule has 2 fully saturated rings. The second kappa shape index (κ2) is 26.6. The number of hydrogen-bond donors (Lipinski definition) is 2. The Morgan fingerprint density at radius 3 is 1.38 bits per heavy atom. The molecule has 45 heavy (non-hydrogen) atoms. The van der Waals surface area contributed by atoms with Crippen LogP contribution < -0.4 is 5.32 Å². The second-order valence-electron chi connectivity index (χ2n) is 10.8. The average molecular weight is 653 g/mol. The molecule has 0 saturated carbocycles. The van der Waals surface area contributed by atoms with Crippen LogP contribution in [-0.2, 0) is 47.5 Å². The topological polar surface area (TPSA) is 175 Å². The van der Waals surface area contributed by atoms with Crippen molar-refractivity contribution in [2.75, 3.05) is 133 Å². The van der Waals surface area contributed by atoms with E-state index in [4.69, 9.17) is 43.1 Å². The lowest BCUT2D eigenvalue weighted by Gasteiger charge is -2.35. The van der Waals surface area contributed by atoms with Crippen molar-refractivity contribution in [3.63, 3.8) is 0 Å². The van der Waals surface area contributed by atoms with E-state index in [-0.39, 0.29) is 31.1 Å². The molecule has 0 aromatic heterocycles.